The minimum absolute atomic E-state index is 0.0382. The van der Waals surface area contributed by atoms with Gasteiger partial charge in [-0.05, 0) is 78.6 Å². The van der Waals surface area contributed by atoms with E-state index in [9.17, 15) is 9.59 Å². The second kappa shape index (κ2) is 10.3. The molecule has 0 bridgehead atoms. The quantitative estimate of drug-likeness (QED) is 0.453. The van der Waals surface area contributed by atoms with E-state index in [0.29, 0.717) is 21.9 Å². The van der Waals surface area contributed by atoms with E-state index in [-0.39, 0.29) is 23.8 Å². The van der Waals surface area contributed by atoms with Gasteiger partial charge in [0.25, 0.3) is 5.91 Å². The predicted molar refractivity (Wildman–Crippen MR) is 146 cm³/mol. The third kappa shape index (κ3) is 4.99. The molecule has 0 unspecified atom stereocenters. The standard InChI is InChI=1S/C27H36BClN4O5/c1-26(2)27(3,4)38-28(37-26)18-8-6-9-19(23(18)29)30-24(34)20-16-22-21(10-7-13-33(22)31-20)32-14-11-17(12-15-32)25(35)36-5/h6,8-9,16-17,21H,7,10-15H2,1-5H3,(H,30,34)/t21-/m1/s1. The fourth-order valence-corrected chi connectivity index (χ4v) is 5.80. The third-order valence-corrected chi connectivity index (χ3v) is 8.94. The number of piperidine rings is 1. The van der Waals surface area contributed by atoms with Crippen LogP contribution in [-0.4, -0.2) is 65.1 Å². The molecule has 11 heteroatoms. The van der Waals surface area contributed by atoms with Gasteiger partial charge < -0.3 is 19.4 Å². The summed E-state index contributed by atoms with van der Waals surface area (Å²) in [5, 5.41) is 7.95. The highest BCUT2D eigenvalue weighted by atomic mass is 35.5. The molecule has 2 aromatic rings. The van der Waals surface area contributed by atoms with E-state index >= 15 is 0 Å². The maximum atomic E-state index is 13.3. The van der Waals surface area contributed by atoms with E-state index < -0.39 is 18.3 Å². The van der Waals surface area contributed by atoms with Crippen LogP contribution in [0.15, 0.2) is 24.3 Å². The summed E-state index contributed by atoms with van der Waals surface area (Å²) in [6.07, 6.45) is 3.54. The van der Waals surface area contributed by atoms with Crippen LogP contribution in [0.1, 0.15) is 75.6 Å². The zero-order valence-electron chi connectivity index (χ0n) is 22.8. The van der Waals surface area contributed by atoms with Gasteiger partial charge in [0.2, 0.25) is 0 Å². The zero-order chi connectivity index (χ0) is 27.2. The number of hydrogen-bond donors (Lipinski definition) is 1. The number of nitrogens with one attached hydrogen (secondary N) is 1. The molecule has 5 rings (SSSR count). The number of amides is 1. The van der Waals surface area contributed by atoms with Crippen molar-refractivity contribution in [2.24, 2.45) is 5.92 Å². The molecular formula is C27H36BClN4O5. The molecule has 0 radical (unpaired) electrons. The van der Waals surface area contributed by atoms with Crippen LogP contribution in [0.2, 0.25) is 5.02 Å². The van der Waals surface area contributed by atoms with Gasteiger partial charge in [0.05, 0.1) is 46.7 Å². The number of aryl methyl sites for hydroxylation is 1. The van der Waals surface area contributed by atoms with Gasteiger partial charge in [-0.1, -0.05) is 23.7 Å². The molecule has 0 saturated carbocycles. The predicted octanol–water partition coefficient (Wildman–Crippen LogP) is 3.81. The second-order valence-corrected chi connectivity index (χ2v) is 11.8. The van der Waals surface area contributed by atoms with Gasteiger partial charge in [0, 0.05) is 12.0 Å². The van der Waals surface area contributed by atoms with Gasteiger partial charge >= 0.3 is 13.1 Å². The summed E-state index contributed by atoms with van der Waals surface area (Å²) < 4.78 is 19.2. The molecule has 2 fully saturated rings. The van der Waals surface area contributed by atoms with Crippen molar-refractivity contribution in [1.82, 2.24) is 14.7 Å². The van der Waals surface area contributed by atoms with Gasteiger partial charge in [-0.15, -0.1) is 0 Å². The summed E-state index contributed by atoms with van der Waals surface area (Å²) in [5.41, 5.74) is 1.55. The fourth-order valence-electron chi connectivity index (χ4n) is 5.54. The number of nitrogens with zero attached hydrogens (tertiary/aromatic N) is 3. The largest absolute Gasteiger partial charge is 0.496 e. The molecule has 2 saturated heterocycles. The van der Waals surface area contributed by atoms with Gasteiger partial charge in [-0.2, -0.15) is 5.10 Å². The average molecular weight is 543 g/mol. The first kappa shape index (κ1) is 27.2. The highest BCUT2D eigenvalue weighted by molar-refractivity contribution is 6.66. The van der Waals surface area contributed by atoms with E-state index in [1.165, 1.54) is 7.11 Å². The van der Waals surface area contributed by atoms with Crippen LogP contribution in [0.25, 0.3) is 0 Å². The Kier molecular flexibility index (Phi) is 7.37. The number of anilines is 1. The van der Waals surface area contributed by atoms with E-state index in [0.717, 1.165) is 51.0 Å². The monoisotopic (exact) mass is 542 g/mol. The molecule has 1 N–H and O–H groups in total. The molecule has 9 nitrogen and oxygen atoms in total. The van der Waals surface area contributed by atoms with E-state index in [1.54, 1.807) is 6.07 Å². The topological polar surface area (TPSA) is 94.9 Å². The Morgan fingerprint density at radius 3 is 2.45 bits per heavy atom. The van der Waals surface area contributed by atoms with Crippen molar-refractivity contribution in [2.45, 2.75) is 77.2 Å². The third-order valence-electron chi connectivity index (χ3n) is 8.52. The van der Waals surface area contributed by atoms with Crippen molar-refractivity contribution in [3.8, 4) is 0 Å². The highest BCUT2D eigenvalue weighted by Crippen LogP contribution is 2.38. The molecule has 4 heterocycles. The van der Waals surface area contributed by atoms with E-state index in [2.05, 4.69) is 15.3 Å². The van der Waals surface area contributed by atoms with Gasteiger partial charge in [0.1, 0.15) is 0 Å². The number of methoxy groups -OCH3 is 1. The molecule has 3 aliphatic rings. The summed E-state index contributed by atoms with van der Waals surface area (Å²) in [7, 11) is 0.815. The molecule has 38 heavy (non-hydrogen) atoms. The normalized spacial score (nSPS) is 23.2. The van der Waals surface area contributed by atoms with Crippen molar-refractivity contribution in [1.29, 1.82) is 0 Å². The minimum Gasteiger partial charge on any atom is -0.469 e. The van der Waals surface area contributed by atoms with Crippen molar-refractivity contribution in [2.75, 3.05) is 25.5 Å². The molecule has 204 valence electrons. The van der Waals surface area contributed by atoms with Gasteiger partial charge in [0.15, 0.2) is 5.69 Å². The number of carbonyl (C=O) groups excluding carboxylic acids is 2. The molecular weight excluding hydrogens is 507 g/mol. The lowest BCUT2D eigenvalue weighted by atomic mass is 9.79. The Balaban J connectivity index is 1.30. The molecule has 1 atom stereocenters. The maximum Gasteiger partial charge on any atom is 0.496 e. The first-order chi connectivity index (χ1) is 18.0. The van der Waals surface area contributed by atoms with Crippen molar-refractivity contribution >= 4 is 41.7 Å². The number of likely N-dealkylation sites (tertiary alicyclic amines) is 1. The van der Waals surface area contributed by atoms with Crippen LogP contribution in [0.5, 0.6) is 0 Å². The van der Waals surface area contributed by atoms with Crippen LogP contribution in [-0.2, 0) is 25.4 Å². The summed E-state index contributed by atoms with van der Waals surface area (Å²) in [5.74, 6) is -0.481. The van der Waals surface area contributed by atoms with Crippen molar-refractivity contribution in [3.63, 3.8) is 0 Å². The number of halogens is 1. The first-order valence-electron chi connectivity index (χ1n) is 13.4. The number of carbonyl (C=O) groups is 2. The Bertz CT molecular complexity index is 1210. The second-order valence-electron chi connectivity index (χ2n) is 11.4. The Labute approximate surface area is 229 Å². The number of ether oxygens (including phenoxy) is 1. The summed E-state index contributed by atoms with van der Waals surface area (Å²) in [6.45, 7) is 10.4. The molecule has 1 aromatic heterocycles. The lowest BCUT2D eigenvalue weighted by Gasteiger charge is -2.38. The zero-order valence-corrected chi connectivity index (χ0v) is 23.5. The lowest BCUT2D eigenvalue weighted by Crippen LogP contribution is -2.41. The number of esters is 1. The maximum absolute atomic E-state index is 13.3. The number of fused-ring (bicyclic) bond motifs is 1. The lowest BCUT2D eigenvalue weighted by molar-refractivity contribution is -0.147. The number of rotatable bonds is 5. The molecule has 1 aromatic carbocycles. The van der Waals surface area contributed by atoms with Crippen molar-refractivity contribution in [3.05, 3.63) is 40.7 Å². The van der Waals surface area contributed by atoms with Crippen LogP contribution >= 0.6 is 11.6 Å². The van der Waals surface area contributed by atoms with E-state index in [4.69, 9.17) is 25.6 Å². The summed E-state index contributed by atoms with van der Waals surface area (Å²) in [6, 6.07) is 7.50. The molecule has 0 spiro atoms. The van der Waals surface area contributed by atoms with E-state index in [1.807, 2.05) is 50.6 Å². The number of aromatic nitrogens is 2. The Morgan fingerprint density at radius 1 is 1.11 bits per heavy atom. The summed E-state index contributed by atoms with van der Waals surface area (Å²) in [4.78, 5) is 27.6. The first-order valence-corrected chi connectivity index (χ1v) is 13.7. The highest BCUT2D eigenvalue weighted by Gasteiger charge is 2.52. The van der Waals surface area contributed by atoms with Crippen LogP contribution < -0.4 is 10.8 Å². The van der Waals surface area contributed by atoms with Crippen molar-refractivity contribution < 1.29 is 23.6 Å². The smallest absolute Gasteiger partial charge is 0.469 e. The van der Waals surface area contributed by atoms with Crippen LogP contribution in [0, 0.1) is 5.92 Å². The van der Waals surface area contributed by atoms with Crippen LogP contribution in [0.4, 0.5) is 5.69 Å². The fraction of sp³-hybridized carbons (Fsp3) is 0.593. The Morgan fingerprint density at radius 2 is 1.79 bits per heavy atom. The number of hydrogen-bond acceptors (Lipinski definition) is 7. The van der Waals surface area contributed by atoms with Gasteiger partial charge in [-0.3, -0.25) is 19.2 Å². The number of benzene rings is 1. The molecule has 0 aliphatic carbocycles. The average Bonchev–Trinajstić information content (AvgIpc) is 3.42. The Hall–Kier alpha value is -2.40. The SMILES string of the molecule is COC(=O)C1CCN([C@@H]2CCCn3nc(C(=O)Nc4cccc(B5OC(C)(C)C(C)(C)O5)c4Cl)cc32)CC1. The van der Waals surface area contributed by atoms with Gasteiger partial charge in [-0.25, -0.2) is 0 Å². The minimum atomic E-state index is -0.631. The van der Waals surface area contributed by atoms with Crippen LogP contribution in [0.3, 0.4) is 0 Å². The molecule has 3 aliphatic heterocycles. The molecule has 1 amide bonds. The summed E-state index contributed by atoms with van der Waals surface area (Å²) >= 11 is 6.74.